The van der Waals surface area contributed by atoms with Crippen LogP contribution in [0.1, 0.15) is 22.8 Å². The molecule has 1 aromatic carbocycles. The fraction of sp³-hybridized carbons (Fsp3) is 0.154. The minimum absolute atomic E-state index is 0.0330. The molecule has 0 bridgehead atoms. The van der Waals surface area contributed by atoms with E-state index in [2.05, 4.69) is 5.32 Å². The third-order valence-corrected chi connectivity index (χ3v) is 3.39. The number of anilines is 1. The highest BCUT2D eigenvalue weighted by atomic mass is 32.1. The second-order valence-corrected chi connectivity index (χ2v) is 4.70. The molecular formula is C13H12N2O3S. The van der Waals surface area contributed by atoms with E-state index in [0.717, 1.165) is 0 Å². The van der Waals surface area contributed by atoms with E-state index in [9.17, 15) is 14.9 Å². The Morgan fingerprint density at radius 3 is 2.79 bits per heavy atom. The summed E-state index contributed by atoms with van der Waals surface area (Å²) in [7, 11) is 0. The molecule has 2 aromatic rings. The molecule has 0 aliphatic heterocycles. The van der Waals surface area contributed by atoms with Gasteiger partial charge in [0, 0.05) is 22.7 Å². The topological polar surface area (TPSA) is 72.2 Å². The molecule has 0 aliphatic carbocycles. The molecule has 1 N–H and O–H groups in total. The molecule has 2 rings (SSSR count). The van der Waals surface area contributed by atoms with Crippen molar-refractivity contribution in [1.29, 1.82) is 0 Å². The molecule has 1 aromatic heterocycles. The van der Waals surface area contributed by atoms with Crippen molar-refractivity contribution in [2.45, 2.75) is 13.3 Å². The number of hydrogen-bond donors (Lipinski definition) is 1. The molecule has 1 amide bonds. The van der Waals surface area contributed by atoms with Crippen molar-refractivity contribution in [3.8, 4) is 0 Å². The lowest BCUT2D eigenvalue weighted by atomic mass is 10.1. The van der Waals surface area contributed by atoms with Crippen LogP contribution in [0.3, 0.4) is 0 Å². The van der Waals surface area contributed by atoms with Crippen LogP contribution in [-0.4, -0.2) is 10.8 Å². The number of carbonyl (C=O) groups excluding carboxylic acids is 1. The summed E-state index contributed by atoms with van der Waals surface area (Å²) in [6.07, 6.45) is 0.578. The molecule has 19 heavy (non-hydrogen) atoms. The number of rotatable bonds is 4. The number of carbonyl (C=O) groups is 1. The van der Waals surface area contributed by atoms with Crippen LogP contribution in [0.15, 0.2) is 35.0 Å². The number of nitro benzene ring substituents is 1. The Morgan fingerprint density at radius 2 is 2.21 bits per heavy atom. The molecule has 0 radical (unpaired) electrons. The van der Waals surface area contributed by atoms with Gasteiger partial charge in [0.1, 0.15) is 0 Å². The number of hydrogen-bond acceptors (Lipinski definition) is 4. The number of nitrogens with zero attached hydrogens (tertiary/aromatic N) is 1. The van der Waals surface area contributed by atoms with Gasteiger partial charge >= 0.3 is 0 Å². The monoisotopic (exact) mass is 276 g/mol. The first-order valence-electron chi connectivity index (χ1n) is 5.72. The van der Waals surface area contributed by atoms with E-state index in [1.54, 1.807) is 29.0 Å². The van der Waals surface area contributed by atoms with Gasteiger partial charge in [-0.3, -0.25) is 14.9 Å². The van der Waals surface area contributed by atoms with Crippen molar-refractivity contribution in [1.82, 2.24) is 0 Å². The van der Waals surface area contributed by atoms with Gasteiger partial charge in [0.2, 0.25) is 0 Å². The van der Waals surface area contributed by atoms with Gasteiger partial charge in [0.05, 0.1) is 10.5 Å². The Hall–Kier alpha value is -2.21. The van der Waals surface area contributed by atoms with E-state index in [0.29, 0.717) is 23.2 Å². The van der Waals surface area contributed by atoms with Crippen LogP contribution in [-0.2, 0) is 6.42 Å². The summed E-state index contributed by atoms with van der Waals surface area (Å²) in [6, 6.07) is 6.44. The van der Waals surface area contributed by atoms with Crippen LogP contribution in [0.4, 0.5) is 11.4 Å². The average Bonchev–Trinajstić information content (AvgIpc) is 2.92. The normalized spacial score (nSPS) is 10.2. The molecule has 0 spiro atoms. The zero-order valence-corrected chi connectivity index (χ0v) is 11.1. The predicted octanol–water partition coefficient (Wildman–Crippen LogP) is 3.47. The quantitative estimate of drug-likeness (QED) is 0.686. The van der Waals surface area contributed by atoms with Gasteiger partial charge in [-0.15, -0.1) is 0 Å². The van der Waals surface area contributed by atoms with Crippen molar-refractivity contribution in [3.63, 3.8) is 0 Å². The molecule has 0 saturated heterocycles. The Labute approximate surface area is 114 Å². The SMILES string of the molecule is CCc1ccc(NC(=O)c2ccsc2)cc1[N+](=O)[O-]. The Balaban J connectivity index is 2.24. The number of thiophene rings is 1. The lowest BCUT2D eigenvalue weighted by Crippen LogP contribution is -2.11. The van der Waals surface area contributed by atoms with Gasteiger partial charge in [0.25, 0.3) is 11.6 Å². The highest BCUT2D eigenvalue weighted by Crippen LogP contribution is 2.24. The Kier molecular flexibility index (Phi) is 3.91. The van der Waals surface area contributed by atoms with Crippen LogP contribution < -0.4 is 5.32 Å². The molecule has 0 fully saturated rings. The maximum atomic E-state index is 11.8. The maximum absolute atomic E-state index is 11.8. The van der Waals surface area contributed by atoms with E-state index in [1.807, 2.05) is 6.92 Å². The van der Waals surface area contributed by atoms with Gasteiger partial charge in [-0.2, -0.15) is 11.3 Å². The summed E-state index contributed by atoms with van der Waals surface area (Å²) >= 11 is 1.42. The minimum Gasteiger partial charge on any atom is -0.322 e. The first-order valence-corrected chi connectivity index (χ1v) is 6.67. The molecule has 0 unspecified atom stereocenters. The molecule has 0 saturated carbocycles. The Morgan fingerprint density at radius 1 is 1.42 bits per heavy atom. The van der Waals surface area contributed by atoms with Gasteiger partial charge < -0.3 is 5.32 Å². The molecule has 0 atom stereocenters. The summed E-state index contributed by atoms with van der Waals surface area (Å²) in [5.41, 5.74) is 1.66. The third-order valence-electron chi connectivity index (χ3n) is 2.70. The average molecular weight is 276 g/mol. The molecule has 1 heterocycles. The van der Waals surface area contributed by atoms with Crippen molar-refractivity contribution in [2.24, 2.45) is 0 Å². The van der Waals surface area contributed by atoms with Crippen molar-refractivity contribution >= 4 is 28.6 Å². The number of aryl methyl sites for hydroxylation is 1. The Bertz CT molecular complexity index is 608. The first-order chi connectivity index (χ1) is 9.11. The molecule has 5 nitrogen and oxygen atoms in total. The van der Waals surface area contributed by atoms with Crippen LogP contribution in [0, 0.1) is 10.1 Å². The first kappa shape index (κ1) is 13.2. The van der Waals surface area contributed by atoms with Crippen LogP contribution in [0.2, 0.25) is 0 Å². The third kappa shape index (κ3) is 2.97. The number of nitrogens with one attached hydrogen (secondary N) is 1. The van der Waals surface area contributed by atoms with Crippen LogP contribution >= 0.6 is 11.3 Å². The fourth-order valence-corrected chi connectivity index (χ4v) is 2.34. The molecule has 6 heteroatoms. The predicted molar refractivity (Wildman–Crippen MR) is 74.7 cm³/mol. The van der Waals surface area contributed by atoms with Gasteiger partial charge in [-0.05, 0) is 23.9 Å². The second-order valence-electron chi connectivity index (χ2n) is 3.92. The van der Waals surface area contributed by atoms with E-state index < -0.39 is 4.92 Å². The van der Waals surface area contributed by atoms with Gasteiger partial charge in [-0.25, -0.2) is 0 Å². The van der Waals surface area contributed by atoms with Crippen molar-refractivity contribution in [3.05, 3.63) is 56.3 Å². The molecule has 98 valence electrons. The van der Waals surface area contributed by atoms with Crippen LogP contribution in [0.5, 0.6) is 0 Å². The summed E-state index contributed by atoms with van der Waals surface area (Å²) in [5.74, 6) is -0.264. The standard InChI is InChI=1S/C13H12N2O3S/c1-2-9-3-4-11(7-12(9)15(17)18)14-13(16)10-5-6-19-8-10/h3-8H,2H2,1H3,(H,14,16). The highest BCUT2D eigenvalue weighted by Gasteiger charge is 2.14. The van der Waals surface area contributed by atoms with Crippen molar-refractivity contribution < 1.29 is 9.72 Å². The zero-order valence-electron chi connectivity index (χ0n) is 10.3. The summed E-state index contributed by atoms with van der Waals surface area (Å²) < 4.78 is 0. The smallest absolute Gasteiger partial charge is 0.274 e. The van der Waals surface area contributed by atoms with Crippen LogP contribution in [0.25, 0.3) is 0 Å². The zero-order chi connectivity index (χ0) is 13.8. The molecular weight excluding hydrogens is 264 g/mol. The fourth-order valence-electron chi connectivity index (χ4n) is 1.71. The van der Waals surface area contributed by atoms with Gasteiger partial charge in [-0.1, -0.05) is 13.0 Å². The van der Waals surface area contributed by atoms with E-state index in [1.165, 1.54) is 17.4 Å². The summed E-state index contributed by atoms with van der Waals surface area (Å²) in [4.78, 5) is 22.3. The summed E-state index contributed by atoms with van der Waals surface area (Å²) in [6.45, 7) is 1.85. The van der Waals surface area contributed by atoms with E-state index >= 15 is 0 Å². The summed E-state index contributed by atoms with van der Waals surface area (Å²) in [5, 5.41) is 17.1. The number of nitro groups is 1. The van der Waals surface area contributed by atoms with Gasteiger partial charge in [0.15, 0.2) is 0 Å². The highest BCUT2D eigenvalue weighted by molar-refractivity contribution is 7.08. The van der Waals surface area contributed by atoms with E-state index in [-0.39, 0.29) is 11.6 Å². The number of amides is 1. The maximum Gasteiger partial charge on any atom is 0.274 e. The second kappa shape index (κ2) is 5.62. The van der Waals surface area contributed by atoms with Crippen molar-refractivity contribution in [2.75, 3.05) is 5.32 Å². The largest absolute Gasteiger partial charge is 0.322 e. The molecule has 0 aliphatic rings. The lowest BCUT2D eigenvalue weighted by Gasteiger charge is -2.06. The lowest BCUT2D eigenvalue weighted by molar-refractivity contribution is -0.385. The number of benzene rings is 1. The van der Waals surface area contributed by atoms with E-state index in [4.69, 9.17) is 0 Å². The minimum atomic E-state index is -0.431.